The van der Waals surface area contributed by atoms with Crippen molar-refractivity contribution >= 4 is 11.9 Å². The predicted molar refractivity (Wildman–Crippen MR) is 103 cm³/mol. The van der Waals surface area contributed by atoms with Crippen LogP contribution in [0.3, 0.4) is 0 Å². The van der Waals surface area contributed by atoms with Crippen molar-refractivity contribution in [3.63, 3.8) is 0 Å². The van der Waals surface area contributed by atoms with E-state index < -0.39 is 11.7 Å². The number of nitrogens with zero attached hydrogens (tertiary/aromatic N) is 2. The number of nitrogens with one attached hydrogen (secondary N) is 1. The molecule has 0 bridgehead atoms. The maximum atomic E-state index is 12.9. The van der Waals surface area contributed by atoms with Gasteiger partial charge in [-0.2, -0.15) is 0 Å². The van der Waals surface area contributed by atoms with Gasteiger partial charge in [-0.1, -0.05) is 0 Å². The van der Waals surface area contributed by atoms with E-state index >= 15 is 0 Å². The van der Waals surface area contributed by atoms with Crippen molar-refractivity contribution in [1.29, 1.82) is 0 Å². The number of benzene rings is 1. The predicted octanol–water partition coefficient (Wildman–Crippen LogP) is 1.43. The van der Waals surface area contributed by atoms with Crippen LogP contribution in [0.15, 0.2) is 39.7 Å². The van der Waals surface area contributed by atoms with E-state index in [2.05, 4.69) is 13.2 Å². The van der Waals surface area contributed by atoms with Gasteiger partial charge in [-0.25, -0.2) is 0 Å². The first-order chi connectivity index (χ1) is 13.8. The third kappa shape index (κ3) is 6.30. The number of methoxy groups -OCH3 is 1. The number of amidine groups is 1. The third-order valence-electron chi connectivity index (χ3n) is 4.73. The first kappa shape index (κ1) is 21.8. The molecule has 0 saturated heterocycles. The Morgan fingerprint density at radius 3 is 2.76 bits per heavy atom. The molecule has 158 valence electrons. The van der Waals surface area contributed by atoms with Gasteiger partial charge in [0, 0.05) is 0 Å². The van der Waals surface area contributed by atoms with Crippen molar-refractivity contribution in [2.24, 2.45) is 8.94 Å². The zero-order valence-electron chi connectivity index (χ0n) is 15.9. The molecule has 3 N–H and O–H groups in total. The summed E-state index contributed by atoms with van der Waals surface area (Å²) in [5.74, 6) is 0.957. The van der Waals surface area contributed by atoms with Crippen LogP contribution in [0.2, 0.25) is 0 Å². The molecule has 1 heterocycles. The molecule has 0 atom stereocenters. The first-order valence-corrected chi connectivity index (χ1v) is 11.5. The van der Waals surface area contributed by atoms with Crippen LogP contribution in [0, 0.1) is 0 Å². The number of nitrogens with two attached hydrogens (primary N) is 1. The Hall–Kier alpha value is -1.88. The number of aromatic amines is 1. The van der Waals surface area contributed by atoms with Gasteiger partial charge in [0.25, 0.3) is 0 Å². The summed E-state index contributed by atoms with van der Waals surface area (Å²) in [6, 6.07) is 5.12. The van der Waals surface area contributed by atoms with Gasteiger partial charge in [-0.15, -0.1) is 0 Å². The van der Waals surface area contributed by atoms with Gasteiger partial charge < -0.3 is 0 Å². The molecule has 2 aromatic rings. The van der Waals surface area contributed by atoms with Crippen molar-refractivity contribution < 1.29 is 39.4 Å². The molecule has 0 amide bonds. The first-order valence-electron chi connectivity index (χ1n) is 9.25. The molecule has 5 nitrogen and oxygen atoms in total. The van der Waals surface area contributed by atoms with Gasteiger partial charge in [-0.3, -0.25) is 0 Å². The number of alkyl halides is 4. The number of H-pyrrole nitrogens is 1. The van der Waals surface area contributed by atoms with E-state index in [-0.39, 0.29) is 21.5 Å². The Labute approximate surface area is 178 Å². The molecule has 0 radical (unpaired) electrons. The van der Waals surface area contributed by atoms with E-state index in [1.54, 1.807) is 25.3 Å². The molecule has 1 aliphatic carbocycles. The molecule has 29 heavy (non-hydrogen) atoms. The van der Waals surface area contributed by atoms with Gasteiger partial charge in [0.2, 0.25) is 0 Å². The maximum absolute atomic E-state index is 12.9. The summed E-state index contributed by atoms with van der Waals surface area (Å²) in [5, 5.41) is 0. The Morgan fingerprint density at radius 1 is 1.31 bits per heavy atom. The van der Waals surface area contributed by atoms with Gasteiger partial charge in [0.05, 0.1) is 0 Å². The molecule has 1 aromatic carbocycles. The van der Waals surface area contributed by atoms with Crippen molar-refractivity contribution in [2.75, 3.05) is 7.11 Å². The summed E-state index contributed by atoms with van der Waals surface area (Å²) in [6.07, 6.45) is 5.28. The molecule has 3 rings (SSSR count). The monoisotopic (exact) mass is 519 g/mol. The molecular weight excluding hydrogens is 496 g/mol. The fourth-order valence-corrected chi connectivity index (χ4v) is 5.26. The Kier molecular flexibility index (Phi) is 7.33. The molecular formula is C20H23F3IN4O-. The number of hydrogen-bond acceptors (Lipinski definition) is 3. The average molecular weight is 519 g/mol. The van der Waals surface area contributed by atoms with Gasteiger partial charge in [0.15, 0.2) is 0 Å². The summed E-state index contributed by atoms with van der Waals surface area (Å²) in [6.45, 7) is 0. The van der Waals surface area contributed by atoms with Crippen LogP contribution in [0.1, 0.15) is 37.1 Å². The summed E-state index contributed by atoms with van der Waals surface area (Å²) < 4.78 is 49.2. The zero-order valence-corrected chi connectivity index (χ0v) is 18.1. The van der Waals surface area contributed by atoms with Gasteiger partial charge in [0.1, 0.15) is 0 Å². The summed E-state index contributed by atoms with van der Waals surface area (Å²) in [4.78, 5) is 7.18. The summed E-state index contributed by atoms with van der Waals surface area (Å²) >= 11 is -0.372. The second-order valence-electron chi connectivity index (χ2n) is 6.81. The van der Waals surface area contributed by atoms with Crippen LogP contribution in [-0.2, 0) is 10.9 Å². The van der Waals surface area contributed by atoms with Gasteiger partial charge in [-0.05, 0) is 0 Å². The number of halogens is 4. The van der Waals surface area contributed by atoms with Crippen LogP contribution < -0.4 is 27.2 Å². The van der Waals surface area contributed by atoms with Crippen molar-refractivity contribution in [3.05, 3.63) is 47.9 Å². The minimum atomic E-state index is -4.38. The topological polar surface area (TPSA) is 76.3 Å². The van der Waals surface area contributed by atoms with Crippen molar-refractivity contribution in [2.45, 2.75) is 41.9 Å². The molecule has 0 spiro atoms. The number of imidazole rings is 1. The van der Waals surface area contributed by atoms with E-state index in [4.69, 9.17) is 10.5 Å². The van der Waals surface area contributed by atoms with Crippen LogP contribution >= 0.6 is 0 Å². The van der Waals surface area contributed by atoms with Gasteiger partial charge >= 0.3 is 178 Å². The number of ether oxygens (including phenoxy) is 1. The van der Waals surface area contributed by atoms with E-state index in [9.17, 15) is 13.2 Å². The van der Waals surface area contributed by atoms with Crippen LogP contribution in [-0.4, -0.2) is 32.9 Å². The normalized spacial score (nSPS) is 21.2. The second kappa shape index (κ2) is 9.75. The fourth-order valence-electron chi connectivity index (χ4n) is 3.10. The third-order valence-corrected chi connectivity index (χ3v) is 7.60. The molecule has 9 heteroatoms. The van der Waals surface area contributed by atoms with E-state index in [1.165, 1.54) is 12.3 Å². The molecule has 1 fully saturated rings. The standard InChI is InChI=1S/C20H23F3IN4O/c1-29-16-7-5-15(6-8-16)24-28-18(25)9-10-19-26-12-17(27-19)13-3-2-4-14(11-13)20(21,22)23/h2-4,9-12,15-16H,5-8H2,1H3,(H2,25,28)(H,26,27)/q-1/b10-9-. The SMILES string of the molecule is COC1CCC([I-]N=C(N)/C=C\c2ncc(-c3cccc(C(F)(F)F)c3)[nH]2)CC1. The molecule has 0 unspecified atom stereocenters. The Bertz CT molecular complexity index is 871. The van der Waals surface area contributed by atoms with E-state index in [1.807, 2.05) is 0 Å². The summed E-state index contributed by atoms with van der Waals surface area (Å²) in [7, 11) is 1.76. The van der Waals surface area contributed by atoms with Crippen LogP contribution in [0.4, 0.5) is 13.2 Å². The average Bonchev–Trinajstić information content (AvgIpc) is 3.20. The summed E-state index contributed by atoms with van der Waals surface area (Å²) in [5.41, 5.74) is 6.21. The van der Waals surface area contributed by atoms with Crippen molar-refractivity contribution in [1.82, 2.24) is 9.97 Å². The quantitative estimate of drug-likeness (QED) is 0.263. The number of rotatable bonds is 6. The Morgan fingerprint density at radius 2 is 2.07 bits per heavy atom. The molecule has 1 aromatic heterocycles. The minimum absolute atomic E-state index is 0.372. The van der Waals surface area contributed by atoms with E-state index in [0.29, 0.717) is 32.9 Å². The molecule has 1 saturated carbocycles. The van der Waals surface area contributed by atoms with E-state index in [0.717, 1.165) is 37.8 Å². The van der Waals surface area contributed by atoms with Crippen LogP contribution in [0.5, 0.6) is 0 Å². The zero-order chi connectivity index (χ0) is 20.9. The fraction of sp³-hybridized carbons (Fsp3) is 0.400. The number of aromatic nitrogens is 2. The van der Waals surface area contributed by atoms with Crippen LogP contribution in [0.25, 0.3) is 17.3 Å². The second-order valence-corrected chi connectivity index (χ2v) is 9.61. The molecule has 0 aliphatic heterocycles. The van der Waals surface area contributed by atoms with Crippen molar-refractivity contribution in [3.8, 4) is 11.3 Å². The molecule has 1 aliphatic rings. The number of hydrogen-bond donors (Lipinski definition) is 2. The Balaban J connectivity index is 1.59.